The summed E-state index contributed by atoms with van der Waals surface area (Å²) >= 11 is 1.50. The van der Waals surface area contributed by atoms with Crippen molar-refractivity contribution in [2.45, 2.75) is 13.5 Å². The Morgan fingerprint density at radius 1 is 1.11 bits per heavy atom. The smallest absolute Gasteiger partial charge is 0.259 e. The van der Waals surface area contributed by atoms with Crippen molar-refractivity contribution in [3.63, 3.8) is 0 Å². The van der Waals surface area contributed by atoms with E-state index < -0.39 is 0 Å². The van der Waals surface area contributed by atoms with E-state index >= 15 is 0 Å². The maximum Gasteiger partial charge on any atom is 0.259 e. The zero-order valence-corrected chi connectivity index (χ0v) is 15.9. The minimum atomic E-state index is -0.268. The summed E-state index contributed by atoms with van der Waals surface area (Å²) in [4.78, 5) is 16.9. The van der Waals surface area contributed by atoms with E-state index in [1.807, 2.05) is 18.4 Å². The summed E-state index contributed by atoms with van der Waals surface area (Å²) in [5.41, 5.74) is 3.62. The first-order chi connectivity index (χ1) is 13.2. The highest BCUT2D eigenvalue weighted by Gasteiger charge is 2.14. The minimum Gasteiger partial charge on any atom is -0.493 e. The molecule has 1 heterocycles. The Kier molecular flexibility index (Phi) is 6.27. The van der Waals surface area contributed by atoms with Gasteiger partial charge in [0.25, 0.3) is 5.91 Å². The van der Waals surface area contributed by atoms with Crippen molar-refractivity contribution in [3.05, 3.63) is 64.6 Å². The highest BCUT2D eigenvalue weighted by molar-refractivity contribution is 7.07. The van der Waals surface area contributed by atoms with Gasteiger partial charge in [0.05, 0.1) is 30.5 Å². The highest BCUT2D eigenvalue weighted by atomic mass is 32.1. The van der Waals surface area contributed by atoms with Crippen LogP contribution in [0.15, 0.2) is 53.4 Å². The second-order valence-corrected chi connectivity index (χ2v) is 6.24. The number of methoxy groups -OCH3 is 1. The number of anilines is 1. The second kappa shape index (κ2) is 9.05. The molecule has 0 aliphatic rings. The summed E-state index contributed by atoms with van der Waals surface area (Å²) in [6.07, 6.45) is 0. The molecule has 0 fully saturated rings. The van der Waals surface area contributed by atoms with Gasteiger partial charge in [-0.2, -0.15) is 0 Å². The molecule has 3 aromatic rings. The number of nitrogens with zero attached hydrogens (tertiary/aromatic N) is 1. The molecule has 0 bridgehead atoms. The van der Waals surface area contributed by atoms with Gasteiger partial charge in [0.15, 0.2) is 11.5 Å². The fourth-order valence-corrected chi connectivity index (χ4v) is 3.00. The molecule has 0 aliphatic carbocycles. The number of nitrogens with one attached hydrogen (secondary N) is 1. The van der Waals surface area contributed by atoms with E-state index in [2.05, 4.69) is 10.3 Å². The number of hydrogen-bond donors (Lipinski definition) is 1. The molecule has 140 valence electrons. The molecular weight excluding hydrogens is 364 g/mol. The highest BCUT2D eigenvalue weighted by Crippen LogP contribution is 2.30. The monoisotopic (exact) mass is 384 g/mol. The van der Waals surface area contributed by atoms with Crippen LogP contribution in [0, 0.1) is 0 Å². The summed E-state index contributed by atoms with van der Waals surface area (Å²) in [5.74, 6) is 1.42. The van der Waals surface area contributed by atoms with Gasteiger partial charge in [-0.15, -0.1) is 11.3 Å². The zero-order chi connectivity index (χ0) is 19.1. The number of rotatable bonds is 8. The lowest BCUT2D eigenvalue weighted by atomic mass is 10.1. The van der Waals surface area contributed by atoms with Gasteiger partial charge in [0, 0.05) is 17.1 Å². The lowest BCUT2D eigenvalue weighted by Gasteiger charge is -2.13. The third kappa shape index (κ3) is 4.77. The molecule has 0 atom stereocenters. The van der Waals surface area contributed by atoms with Gasteiger partial charge >= 0.3 is 0 Å². The van der Waals surface area contributed by atoms with Crippen LogP contribution in [-0.2, 0) is 6.61 Å². The molecule has 0 radical (unpaired) electrons. The molecule has 2 aromatic carbocycles. The van der Waals surface area contributed by atoms with Gasteiger partial charge < -0.3 is 19.5 Å². The van der Waals surface area contributed by atoms with Crippen LogP contribution in [0.1, 0.15) is 23.0 Å². The van der Waals surface area contributed by atoms with Gasteiger partial charge in [-0.05, 0) is 31.2 Å². The Hall–Kier alpha value is -3.06. The van der Waals surface area contributed by atoms with Crippen LogP contribution in [0.25, 0.3) is 0 Å². The standard InChI is InChI=1S/C20H20N2O4S/c1-3-25-18-9-8-14(10-19(18)24-2)22-20(23)16-6-4-5-7-17(16)26-11-15-12-27-13-21-15/h4-10,12-13H,3,11H2,1-2H3,(H,22,23). The maximum absolute atomic E-state index is 12.7. The number of para-hydroxylation sites is 1. The molecule has 0 unspecified atom stereocenters. The van der Waals surface area contributed by atoms with Gasteiger partial charge in [0.1, 0.15) is 12.4 Å². The molecule has 0 saturated heterocycles. The summed E-state index contributed by atoms with van der Waals surface area (Å²) in [6, 6.07) is 12.4. The van der Waals surface area contributed by atoms with Crippen LogP contribution in [0.4, 0.5) is 5.69 Å². The lowest BCUT2D eigenvalue weighted by molar-refractivity contribution is 0.102. The van der Waals surface area contributed by atoms with Crippen molar-refractivity contribution < 1.29 is 19.0 Å². The van der Waals surface area contributed by atoms with Gasteiger partial charge in [-0.1, -0.05) is 12.1 Å². The zero-order valence-electron chi connectivity index (χ0n) is 15.1. The van der Waals surface area contributed by atoms with E-state index in [-0.39, 0.29) is 5.91 Å². The van der Waals surface area contributed by atoms with E-state index in [4.69, 9.17) is 14.2 Å². The number of hydrogen-bond acceptors (Lipinski definition) is 6. The largest absolute Gasteiger partial charge is 0.493 e. The van der Waals surface area contributed by atoms with Crippen LogP contribution in [-0.4, -0.2) is 24.6 Å². The molecule has 0 saturated carbocycles. The molecule has 27 heavy (non-hydrogen) atoms. The summed E-state index contributed by atoms with van der Waals surface area (Å²) in [7, 11) is 1.56. The van der Waals surface area contributed by atoms with Gasteiger partial charge in [-0.3, -0.25) is 4.79 Å². The SMILES string of the molecule is CCOc1ccc(NC(=O)c2ccccc2OCc2cscn2)cc1OC. The van der Waals surface area contributed by atoms with E-state index in [1.54, 1.807) is 49.0 Å². The molecule has 7 heteroatoms. The van der Waals surface area contributed by atoms with Crippen LogP contribution in [0.3, 0.4) is 0 Å². The normalized spacial score (nSPS) is 10.3. The molecule has 0 aliphatic heterocycles. The quantitative estimate of drug-likeness (QED) is 0.624. The minimum absolute atomic E-state index is 0.268. The fraction of sp³-hybridized carbons (Fsp3) is 0.200. The molecule has 6 nitrogen and oxygen atoms in total. The third-order valence-electron chi connectivity index (χ3n) is 3.71. The molecule has 0 spiro atoms. The van der Waals surface area contributed by atoms with Gasteiger partial charge in [0.2, 0.25) is 0 Å². The Morgan fingerprint density at radius 3 is 2.70 bits per heavy atom. The first-order valence-corrected chi connectivity index (χ1v) is 9.36. The predicted molar refractivity (Wildman–Crippen MR) is 105 cm³/mol. The summed E-state index contributed by atoms with van der Waals surface area (Å²) < 4.78 is 16.6. The maximum atomic E-state index is 12.7. The average Bonchev–Trinajstić information content (AvgIpc) is 3.21. The Bertz CT molecular complexity index is 897. The molecule has 1 aromatic heterocycles. The van der Waals surface area contributed by atoms with Crippen LogP contribution >= 0.6 is 11.3 Å². The van der Waals surface area contributed by atoms with Crippen molar-refractivity contribution in [2.24, 2.45) is 0 Å². The Balaban J connectivity index is 1.74. The number of thiazole rings is 1. The van der Waals surface area contributed by atoms with Crippen LogP contribution in [0.2, 0.25) is 0 Å². The fourth-order valence-electron chi connectivity index (χ4n) is 2.46. The van der Waals surface area contributed by atoms with Crippen molar-refractivity contribution in [1.82, 2.24) is 4.98 Å². The predicted octanol–water partition coefficient (Wildman–Crippen LogP) is 4.38. The van der Waals surface area contributed by atoms with E-state index in [0.29, 0.717) is 41.7 Å². The molecule has 1 amide bonds. The van der Waals surface area contributed by atoms with Crippen molar-refractivity contribution in [2.75, 3.05) is 19.0 Å². The number of amides is 1. The van der Waals surface area contributed by atoms with E-state index in [0.717, 1.165) is 5.69 Å². The number of ether oxygens (including phenoxy) is 3. The number of benzene rings is 2. The topological polar surface area (TPSA) is 69.7 Å². The number of carbonyl (C=O) groups is 1. The first-order valence-electron chi connectivity index (χ1n) is 8.42. The van der Waals surface area contributed by atoms with E-state index in [9.17, 15) is 4.79 Å². The van der Waals surface area contributed by atoms with Crippen molar-refractivity contribution in [1.29, 1.82) is 0 Å². The lowest BCUT2D eigenvalue weighted by Crippen LogP contribution is -2.14. The molecule has 3 rings (SSSR count). The summed E-state index contributed by atoms with van der Waals surface area (Å²) in [5, 5.41) is 4.78. The van der Waals surface area contributed by atoms with Crippen LogP contribution in [0.5, 0.6) is 17.2 Å². The second-order valence-electron chi connectivity index (χ2n) is 5.52. The number of carbonyl (C=O) groups excluding carboxylic acids is 1. The third-order valence-corrected chi connectivity index (χ3v) is 4.35. The first kappa shape index (κ1) is 18.7. The Labute approximate surface area is 161 Å². The van der Waals surface area contributed by atoms with Crippen molar-refractivity contribution in [3.8, 4) is 17.2 Å². The Morgan fingerprint density at radius 2 is 1.96 bits per heavy atom. The molecular formula is C20H20N2O4S. The average molecular weight is 384 g/mol. The number of aromatic nitrogens is 1. The summed E-state index contributed by atoms with van der Waals surface area (Å²) in [6.45, 7) is 2.74. The van der Waals surface area contributed by atoms with Crippen molar-refractivity contribution >= 4 is 22.9 Å². The van der Waals surface area contributed by atoms with Crippen LogP contribution < -0.4 is 19.5 Å². The molecule has 1 N–H and O–H groups in total. The van der Waals surface area contributed by atoms with Gasteiger partial charge in [-0.25, -0.2) is 4.98 Å². The van der Waals surface area contributed by atoms with E-state index in [1.165, 1.54) is 11.3 Å².